The van der Waals surface area contributed by atoms with Crippen molar-refractivity contribution in [2.24, 2.45) is 22.7 Å². The molecule has 3 fully saturated rings. The lowest BCUT2D eigenvalue weighted by atomic mass is 9.96. The van der Waals surface area contributed by atoms with Crippen molar-refractivity contribution in [3.63, 3.8) is 0 Å². The molecule has 0 spiro atoms. The molecule has 2 nitrogen and oxygen atoms in total. The van der Waals surface area contributed by atoms with Crippen LogP contribution in [0.2, 0.25) is 0 Å². The van der Waals surface area contributed by atoms with E-state index in [9.17, 15) is 0 Å². The summed E-state index contributed by atoms with van der Waals surface area (Å²) in [7, 11) is 0. The summed E-state index contributed by atoms with van der Waals surface area (Å²) in [6.45, 7) is 0. The van der Waals surface area contributed by atoms with E-state index in [1.54, 1.807) is 0 Å². The van der Waals surface area contributed by atoms with E-state index in [-0.39, 0.29) is 0 Å². The van der Waals surface area contributed by atoms with Gasteiger partial charge in [-0.1, -0.05) is 24.6 Å². The van der Waals surface area contributed by atoms with Crippen LogP contribution in [-0.4, -0.2) is 23.0 Å². The van der Waals surface area contributed by atoms with Gasteiger partial charge in [0.15, 0.2) is 5.17 Å². The highest BCUT2D eigenvalue weighted by Gasteiger charge is 2.40. The predicted octanol–water partition coefficient (Wildman–Crippen LogP) is 3.04. The van der Waals surface area contributed by atoms with Gasteiger partial charge in [-0.2, -0.15) is 0 Å². The lowest BCUT2D eigenvalue weighted by Crippen LogP contribution is -2.40. The van der Waals surface area contributed by atoms with Crippen molar-refractivity contribution in [1.29, 1.82) is 0 Å². The summed E-state index contributed by atoms with van der Waals surface area (Å²) in [5.74, 6) is 4.21. The van der Waals surface area contributed by atoms with Crippen molar-refractivity contribution in [2.45, 2.75) is 57.0 Å². The molecule has 0 aromatic rings. The average molecular weight is 250 g/mol. The van der Waals surface area contributed by atoms with Gasteiger partial charge in [0.1, 0.15) is 0 Å². The number of amidine groups is 1. The molecule has 1 heterocycles. The summed E-state index contributed by atoms with van der Waals surface area (Å²) < 4.78 is 0. The molecular formula is C14H22N2S. The van der Waals surface area contributed by atoms with Gasteiger partial charge in [0, 0.05) is 11.8 Å². The van der Waals surface area contributed by atoms with E-state index < -0.39 is 0 Å². The maximum absolute atomic E-state index is 4.96. The van der Waals surface area contributed by atoms with Gasteiger partial charge in [-0.05, 0) is 49.9 Å². The second-order valence-corrected chi connectivity index (χ2v) is 7.44. The van der Waals surface area contributed by atoms with Crippen molar-refractivity contribution in [1.82, 2.24) is 5.32 Å². The number of hydrogen-bond acceptors (Lipinski definition) is 3. The van der Waals surface area contributed by atoms with Crippen LogP contribution in [0.15, 0.2) is 4.99 Å². The molecule has 4 aliphatic rings. The molecule has 0 saturated heterocycles. The molecular weight excluding hydrogens is 228 g/mol. The first-order valence-corrected chi connectivity index (χ1v) is 8.34. The van der Waals surface area contributed by atoms with E-state index in [0.29, 0.717) is 6.04 Å². The van der Waals surface area contributed by atoms with Crippen LogP contribution >= 0.6 is 11.8 Å². The van der Waals surface area contributed by atoms with Gasteiger partial charge in [-0.3, -0.25) is 4.99 Å². The maximum atomic E-state index is 4.96. The second kappa shape index (κ2) is 4.18. The molecule has 3 heteroatoms. The molecule has 17 heavy (non-hydrogen) atoms. The Kier molecular flexibility index (Phi) is 2.64. The fourth-order valence-electron chi connectivity index (χ4n) is 4.41. The van der Waals surface area contributed by atoms with Crippen LogP contribution in [0.5, 0.6) is 0 Å². The summed E-state index contributed by atoms with van der Waals surface area (Å²) in [5.41, 5.74) is 0. The minimum Gasteiger partial charge on any atom is -0.362 e. The standard InChI is InChI=1S/C14H22N2S/c1-2-11-8-17-14(15-12(11)3-1)16-13-7-9-4-5-10(13)6-9/h9-13H,1-8H2,(H,15,16). The average Bonchev–Trinajstić information content (AvgIpc) is 3.03. The quantitative estimate of drug-likeness (QED) is 0.773. The van der Waals surface area contributed by atoms with Crippen LogP contribution < -0.4 is 5.32 Å². The molecule has 3 saturated carbocycles. The monoisotopic (exact) mass is 250 g/mol. The van der Waals surface area contributed by atoms with E-state index in [0.717, 1.165) is 23.8 Å². The van der Waals surface area contributed by atoms with E-state index in [2.05, 4.69) is 5.32 Å². The van der Waals surface area contributed by atoms with Gasteiger partial charge in [0.05, 0.1) is 6.04 Å². The minimum atomic E-state index is 0.664. The van der Waals surface area contributed by atoms with Gasteiger partial charge in [-0.15, -0.1) is 0 Å². The van der Waals surface area contributed by atoms with E-state index in [1.165, 1.54) is 55.9 Å². The zero-order valence-electron chi connectivity index (χ0n) is 10.4. The van der Waals surface area contributed by atoms with E-state index in [1.807, 2.05) is 11.8 Å². The Morgan fingerprint density at radius 2 is 2.06 bits per heavy atom. The topological polar surface area (TPSA) is 24.4 Å². The fraction of sp³-hybridized carbons (Fsp3) is 0.929. The second-order valence-electron chi connectivity index (χ2n) is 6.43. The highest BCUT2D eigenvalue weighted by atomic mass is 32.2. The molecule has 4 rings (SSSR count). The smallest absolute Gasteiger partial charge is 0.157 e. The van der Waals surface area contributed by atoms with Crippen LogP contribution in [0.4, 0.5) is 0 Å². The summed E-state index contributed by atoms with van der Waals surface area (Å²) >= 11 is 1.99. The highest BCUT2D eigenvalue weighted by Crippen LogP contribution is 2.45. The molecule has 0 amide bonds. The van der Waals surface area contributed by atoms with E-state index in [4.69, 9.17) is 4.99 Å². The Bertz CT molecular complexity index is 341. The third-order valence-corrected chi connectivity index (χ3v) is 6.47. The first-order valence-electron chi connectivity index (χ1n) is 7.35. The SMILES string of the molecule is C1CC2CSC(NC3CC4CCC3C4)=NC2C1. The van der Waals surface area contributed by atoms with E-state index >= 15 is 0 Å². The molecule has 0 aromatic carbocycles. The molecule has 5 atom stereocenters. The molecule has 0 aromatic heterocycles. The normalized spacial score (nSPS) is 48.0. The Hall–Kier alpha value is -0.180. The molecule has 94 valence electrons. The molecule has 1 N–H and O–H groups in total. The summed E-state index contributed by atoms with van der Waals surface area (Å²) in [6, 6.07) is 1.43. The zero-order chi connectivity index (χ0) is 11.2. The Balaban J connectivity index is 1.42. The van der Waals surface area contributed by atoms with Crippen LogP contribution in [0.25, 0.3) is 0 Å². The van der Waals surface area contributed by atoms with Crippen molar-refractivity contribution in [2.75, 3.05) is 5.75 Å². The molecule has 1 aliphatic heterocycles. The third kappa shape index (κ3) is 1.91. The molecule has 2 bridgehead atoms. The van der Waals surface area contributed by atoms with Gasteiger partial charge in [0.2, 0.25) is 0 Å². The maximum Gasteiger partial charge on any atom is 0.157 e. The summed E-state index contributed by atoms with van der Waals surface area (Å²) in [4.78, 5) is 4.96. The van der Waals surface area contributed by atoms with Crippen LogP contribution in [-0.2, 0) is 0 Å². The number of nitrogens with zero attached hydrogens (tertiary/aromatic N) is 1. The number of hydrogen-bond donors (Lipinski definition) is 1. The van der Waals surface area contributed by atoms with Crippen LogP contribution in [0.3, 0.4) is 0 Å². The van der Waals surface area contributed by atoms with Gasteiger partial charge in [0.25, 0.3) is 0 Å². The predicted molar refractivity (Wildman–Crippen MR) is 73.4 cm³/mol. The molecule has 0 radical (unpaired) electrons. The van der Waals surface area contributed by atoms with Crippen LogP contribution in [0, 0.1) is 17.8 Å². The molecule has 5 unspecified atom stereocenters. The highest BCUT2D eigenvalue weighted by molar-refractivity contribution is 8.13. The molecule has 3 aliphatic carbocycles. The number of fused-ring (bicyclic) bond motifs is 3. The lowest BCUT2D eigenvalue weighted by Gasteiger charge is -2.28. The number of thioether (sulfide) groups is 1. The number of rotatable bonds is 1. The number of nitrogens with one attached hydrogen (secondary N) is 1. The Morgan fingerprint density at radius 3 is 2.88 bits per heavy atom. The summed E-state index contributed by atoms with van der Waals surface area (Å²) in [6.07, 6.45) is 10.0. The largest absolute Gasteiger partial charge is 0.362 e. The minimum absolute atomic E-state index is 0.664. The lowest BCUT2D eigenvalue weighted by molar-refractivity contribution is 0.390. The van der Waals surface area contributed by atoms with Crippen molar-refractivity contribution in [3.8, 4) is 0 Å². The van der Waals surface area contributed by atoms with Gasteiger partial charge in [-0.25, -0.2) is 0 Å². The zero-order valence-corrected chi connectivity index (χ0v) is 11.2. The number of aliphatic imine (C=N–C) groups is 1. The van der Waals surface area contributed by atoms with Crippen molar-refractivity contribution < 1.29 is 0 Å². The van der Waals surface area contributed by atoms with Crippen LogP contribution in [0.1, 0.15) is 44.9 Å². The van der Waals surface area contributed by atoms with Crippen molar-refractivity contribution in [3.05, 3.63) is 0 Å². The van der Waals surface area contributed by atoms with Gasteiger partial charge < -0.3 is 5.32 Å². The first-order chi connectivity index (χ1) is 8.38. The summed E-state index contributed by atoms with van der Waals surface area (Å²) in [5, 5.41) is 5.06. The Morgan fingerprint density at radius 1 is 1.06 bits per heavy atom. The Labute approximate surface area is 108 Å². The third-order valence-electron chi connectivity index (χ3n) is 5.38. The fourth-order valence-corrected chi connectivity index (χ4v) is 5.62. The first kappa shape index (κ1) is 10.7. The van der Waals surface area contributed by atoms with Crippen molar-refractivity contribution >= 4 is 16.9 Å². The van der Waals surface area contributed by atoms with Gasteiger partial charge >= 0.3 is 0 Å².